The number of nitrogens with zero attached hydrogens (tertiary/aromatic N) is 3. The van der Waals surface area contributed by atoms with Gasteiger partial charge >= 0.3 is 0 Å². The van der Waals surface area contributed by atoms with Crippen molar-refractivity contribution in [3.8, 4) is 0 Å². The summed E-state index contributed by atoms with van der Waals surface area (Å²) in [5.74, 6) is -0.544. The fraction of sp³-hybridized carbons (Fsp3) is 0.231. The molecule has 3 aromatic carbocycles. The van der Waals surface area contributed by atoms with Gasteiger partial charge in [0.2, 0.25) is 0 Å². The Balaban J connectivity index is 1.32. The van der Waals surface area contributed by atoms with Crippen molar-refractivity contribution in [1.29, 1.82) is 0 Å². The Morgan fingerprint density at radius 2 is 1.76 bits per heavy atom. The summed E-state index contributed by atoms with van der Waals surface area (Å²) in [4.78, 5) is 27.7. The highest BCUT2D eigenvalue weighted by molar-refractivity contribution is 7.80. The van der Waals surface area contributed by atoms with Crippen molar-refractivity contribution in [2.75, 3.05) is 36.4 Å². The standard InChI is InChI=1S/C26H25Cl2N5O3S/c1-17-6-7-18(14-24(17)33(35)36)25(34)30-26(37)29-20-8-9-23(22(28)15-20)32-12-10-31(11-13-32)16-19-4-2-3-5-21(19)27/h2-9,14-15H,10-13,16H2,1H3,(H2,29,30,34,37). The molecule has 1 amide bonds. The van der Waals surface area contributed by atoms with Crippen LogP contribution in [0.1, 0.15) is 21.5 Å². The number of nitro benzene ring substituents is 1. The molecule has 1 aliphatic heterocycles. The lowest BCUT2D eigenvalue weighted by Crippen LogP contribution is -2.46. The number of aryl methyl sites for hydroxylation is 1. The number of amides is 1. The monoisotopic (exact) mass is 557 g/mol. The van der Waals surface area contributed by atoms with Gasteiger partial charge in [-0.05, 0) is 55.0 Å². The zero-order valence-corrected chi connectivity index (χ0v) is 22.4. The predicted octanol–water partition coefficient (Wildman–Crippen LogP) is 5.66. The van der Waals surface area contributed by atoms with Gasteiger partial charge in [0.05, 0.1) is 15.6 Å². The predicted molar refractivity (Wildman–Crippen MR) is 152 cm³/mol. The number of thiocarbonyl (C=S) groups is 1. The Morgan fingerprint density at radius 3 is 2.43 bits per heavy atom. The maximum atomic E-state index is 12.5. The Kier molecular flexibility index (Phi) is 8.60. The number of hydrogen-bond donors (Lipinski definition) is 2. The molecule has 11 heteroatoms. The van der Waals surface area contributed by atoms with Crippen molar-refractivity contribution >= 4 is 63.5 Å². The van der Waals surface area contributed by atoms with E-state index in [9.17, 15) is 14.9 Å². The Hall–Kier alpha value is -3.24. The topological polar surface area (TPSA) is 90.8 Å². The Bertz CT molecular complexity index is 1350. The van der Waals surface area contributed by atoms with Gasteiger partial charge < -0.3 is 10.2 Å². The molecule has 3 aromatic rings. The number of nitro groups is 1. The molecule has 1 aliphatic rings. The lowest BCUT2D eigenvalue weighted by Gasteiger charge is -2.36. The summed E-state index contributed by atoms with van der Waals surface area (Å²) in [6.07, 6.45) is 0. The first-order chi connectivity index (χ1) is 17.7. The van der Waals surface area contributed by atoms with Crippen LogP contribution in [0.2, 0.25) is 10.0 Å². The number of anilines is 2. The molecule has 8 nitrogen and oxygen atoms in total. The van der Waals surface area contributed by atoms with Gasteiger partial charge in [-0.2, -0.15) is 0 Å². The maximum Gasteiger partial charge on any atom is 0.273 e. The molecule has 0 spiro atoms. The molecule has 0 aromatic heterocycles. The minimum Gasteiger partial charge on any atom is -0.368 e. The molecule has 1 fully saturated rings. The normalized spacial score (nSPS) is 13.8. The molecule has 2 N–H and O–H groups in total. The summed E-state index contributed by atoms with van der Waals surface area (Å²) < 4.78 is 0. The number of carbonyl (C=O) groups excluding carboxylic acids is 1. The minimum absolute atomic E-state index is 0.0604. The lowest BCUT2D eigenvalue weighted by molar-refractivity contribution is -0.385. The number of hydrogen-bond acceptors (Lipinski definition) is 6. The zero-order valence-electron chi connectivity index (χ0n) is 20.0. The van der Waals surface area contributed by atoms with Crippen LogP contribution in [0.3, 0.4) is 0 Å². The fourth-order valence-corrected chi connectivity index (χ4v) is 4.85. The van der Waals surface area contributed by atoms with Crippen LogP contribution in [0.5, 0.6) is 0 Å². The molecule has 1 heterocycles. The van der Waals surface area contributed by atoms with E-state index >= 15 is 0 Å². The van der Waals surface area contributed by atoms with Crippen LogP contribution in [-0.2, 0) is 6.54 Å². The molecule has 0 aliphatic carbocycles. The van der Waals surface area contributed by atoms with E-state index < -0.39 is 10.8 Å². The van der Waals surface area contributed by atoms with E-state index in [-0.39, 0.29) is 16.4 Å². The summed E-state index contributed by atoms with van der Waals surface area (Å²) in [5, 5.41) is 18.0. The van der Waals surface area contributed by atoms with Gasteiger partial charge in [-0.25, -0.2) is 0 Å². The number of carbonyl (C=O) groups is 1. The third kappa shape index (κ3) is 6.75. The summed E-state index contributed by atoms with van der Waals surface area (Å²) in [5.41, 5.74) is 3.15. The van der Waals surface area contributed by atoms with Gasteiger partial charge in [0, 0.05) is 60.6 Å². The molecule has 0 saturated carbocycles. The molecule has 4 rings (SSSR count). The molecule has 37 heavy (non-hydrogen) atoms. The third-order valence-corrected chi connectivity index (χ3v) is 7.04. The van der Waals surface area contributed by atoms with Crippen molar-refractivity contribution in [3.63, 3.8) is 0 Å². The summed E-state index contributed by atoms with van der Waals surface area (Å²) in [6.45, 7) is 5.84. The fourth-order valence-electron chi connectivity index (χ4n) is 4.14. The summed E-state index contributed by atoms with van der Waals surface area (Å²) >= 11 is 18.1. The van der Waals surface area contributed by atoms with E-state index in [1.807, 2.05) is 30.3 Å². The van der Waals surface area contributed by atoms with Gasteiger partial charge in [0.25, 0.3) is 11.6 Å². The first-order valence-corrected chi connectivity index (χ1v) is 12.8. The van der Waals surface area contributed by atoms with E-state index in [0.29, 0.717) is 16.3 Å². The lowest BCUT2D eigenvalue weighted by atomic mass is 10.1. The van der Waals surface area contributed by atoms with Crippen LogP contribution in [-0.4, -0.2) is 47.0 Å². The Morgan fingerprint density at radius 1 is 1.03 bits per heavy atom. The number of rotatable bonds is 6. The molecule has 0 unspecified atom stereocenters. The van der Waals surface area contributed by atoms with Crippen molar-refractivity contribution < 1.29 is 9.72 Å². The second kappa shape index (κ2) is 11.9. The van der Waals surface area contributed by atoms with E-state index in [4.69, 9.17) is 35.4 Å². The highest BCUT2D eigenvalue weighted by atomic mass is 35.5. The van der Waals surface area contributed by atoms with E-state index in [0.717, 1.165) is 49.0 Å². The van der Waals surface area contributed by atoms with Gasteiger partial charge in [-0.15, -0.1) is 0 Å². The molecule has 0 radical (unpaired) electrons. The molecule has 0 atom stereocenters. The summed E-state index contributed by atoms with van der Waals surface area (Å²) in [6, 6.07) is 17.7. The smallest absolute Gasteiger partial charge is 0.273 e. The highest BCUT2D eigenvalue weighted by Gasteiger charge is 2.20. The number of halogens is 2. The van der Waals surface area contributed by atoms with Crippen molar-refractivity contribution in [2.45, 2.75) is 13.5 Å². The third-order valence-electron chi connectivity index (χ3n) is 6.17. The first-order valence-electron chi connectivity index (χ1n) is 11.6. The average molecular weight is 558 g/mol. The van der Waals surface area contributed by atoms with E-state index in [2.05, 4.69) is 26.5 Å². The second-order valence-electron chi connectivity index (χ2n) is 8.69. The molecular formula is C26H25Cl2N5O3S. The van der Waals surface area contributed by atoms with Gasteiger partial charge in [-0.1, -0.05) is 47.5 Å². The largest absolute Gasteiger partial charge is 0.368 e. The maximum absolute atomic E-state index is 12.5. The van der Waals surface area contributed by atoms with Crippen molar-refractivity contribution in [3.05, 3.63) is 97.5 Å². The Labute approximate surface area is 230 Å². The molecule has 192 valence electrons. The number of piperazine rings is 1. The highest BCUT2D eigenvalue weighted by Crippen LogP contribution is 2.30. The van der Waals surface area contributed by atoms with Gasteiger partial charge in [0.15, 0.2) is 5.11 Å². The van der Waals surface area contributed by atoms with Crippen LogP contribution < -0.4 is 15.5 Å². The number of nitrogens with one attached hydrogen (secondary N) is 2. The van der Waals surface area contributed by atoms with Crippen molar-refractivity contribution in [2.24, 2.45) is 0 Å². The quantitative estimate of drug-likeness (QED) is 0.229. The van der Waals surface area contributed by atoms with E-state index in [1.54, 1.807) is 13.0 Å². The average Bonchev–Trinajstić information content (AvgIpc) is 2.86. The van der Waals surface area contributed by atoms with Gasteiger partial charge in [-0.3, -0.25) is 25.1 Å². The van der Waals surface area contributed by atoms with Crippen LogP contribution in [0.15, 0.2) is 60.7 Å². The summed E-state index contributed by atoms with van der Waals surface area (Å²) in [7, 11) is 0. The van der Waals surface area contributed by atoms with Gasteiger partial charge in [0.1, 0.15) is 0 Å². The molecule has 0 bridgehead atoms. The second-order valence-corrected chi connectivity index (χ2v) is 9.91. The van der Waals surface area contributed by atoms with E-state index in [1.165, 1.54) is 18.2 Å². The van der Waals surface area contributed by atoms with Crippen LogP contribution in [0, 0.1) is 17.0 Å². The first kappa shape index (κ1) is 26.8. The van der Waals surface area contributed by atoms with Crippen LogP contribution in [0.25, 0.3) is 0 Å². The molecular weight excluding hydrogens is 533 g/mol. The van der Waals surface area contributed by atoms with Crippen LogP contribution >= 0.6 is 35.4 Å². The van der Waals surface area contributed by atoms with Crippen molar-refractivity contribution in [1.82, 2.24) is 10.2 Å². The molecule has 1 saturated heterocycles. The zero-order chi connectivity index (χ0) is 26.5. The number of benzene rings is 3. The van der Waals surface area contributed by atoms with Crippen LogP contribution in [0.4, 0.5) is 17.1 Å². The minimum atomic E-state index is -0.544. The SMILES string of the molecule is Cc1ccc(C(=O)NC(=S)Nc2ccc(N3CCN(Cc4ccccc4Cl)CC3)c(Cl)c2)cc1[N+](=O)[O-].